The molecule has 0 bridgehead atoms. The summed E-state index contributed by atoms with van der Waals surface area (Å²) in [4.78, 5) is 4.73. The Morgan fingerprint density at radius 2 is 1.96 bits per heavy atom. The highest BCUT2D eigenvalue weighted by atomic mass is 16.5. The first-order chi connectivity index (χ1) is 13.5. The Morgan fingerprint density at radius 1 is 1.25 bits per heavy atom. The molecule has 5 N–H and O–H groups in total. The van der Waals surface area contributed by atoms with Gasteiger partial charge in [0.2, 0.25) is 0 Å². The van der Waals surface area contributed by atoms with Gasteiger partial charge in [0.1, 0.15) is 5.75 Å². The first-order valence-corrected chi connectivity index (χ1v) is 9.26. The maximum absolute atomic E-state index is 5.43. The van der Waals surface area contributed by atoms with Crippen molar-refractivity contribution in [1.29, 1.82) is 0 Å². The van der Waals surface area contributed by atoms with E-state index in [0.717, 1.165) is 23.7 Å². The molecule has 7 nitrogen and oxygen atoms in total. The molecule has 2 heterocycles. The number of fused-ring (bicyclic) bond motifs is 1. The third-order valence-corrected chi connectivity index (χ3v) is 5.19. The lowest BCUT2D eigenvalue weighted by atomic mass is 10.1. The maximum Gasteiger partial charge on any atom is 0.119 e. The van der Waals surface area contributed by atoms with Gasteiger partial charge in [0.05, 0.1) is 31.6 Å². The van der Waals surface area contributed by atoms with Gasteiger partial charge in [-0.3, -0.25) is 16.3 Å². The number of pyridine rings is 1. The van der Waals surface area contributed by atoms with Gasteiger partial charge >= 0.3 is 0 Å². The molecule has 1 saturated carbocycles. The number of nitrogens with one attached hydrogen (secondary N) is 1. The Kier molecular flexibility index (Phi) is 5.96. The van der Waals surface area contributed by atoms with Gasteiger partial charge in [-0.05, 0) is 49.2 Å². The van der Waals surface area contributed by atoms with Crippen LogP contribution in [0.25, 0.3) is 10.9 Å². The predicted octanol–water partition coefficient (Wildman–Crippen LogP) is 2.67. The summed E-state index contributed by atoms with van der Waals surface area (Å²) in [6.45, 7) is 6.57. The van der Waals surface area contributed by atoms with Crippen molar-refractivity contribution in [3.63, 3.8) is 0 Å². The van der Waals surface area contributed by atoms with Crippen molar-refractivity contribution >= 4 is 17.6 Å². The zero-order valence-electron chi connectivity index (χ0n) is 16.5. The quantitative estimate of drug-likeness (QED) is 0.346. The summed E-state index contributed by atoms with van der Waals surface area (Å²) >= 11 is 0. The van der Waals surface area contributed by atoms with Crippen LogP contribution in [0.2, 0.25) is 0 Å². The van der Waals surface area contributed by atoms with E-state index in [9.17, 15) is 0 Å². The Bertz CT molecular complexity index is 961. The van der Waals surface area contributed by atoms with Gasteiger partial charge in [-0.25, -0.2) is 0 Å². The third-order valence-electron chi connectivity index (χ3n) is 5.19. The number of hydrogen-bond acceptors (Lipinski definition) is 6. The van der Waals surface area contributed by atoms with E-state index in [0.29, 0.717) is 6.54 Å². The van der Waals surface area contributed by atoms with Crippen molar-refractivity contribution in [2.24, 2.45) is 16.8 Å². The highest BCUT2D eigenvalue weighted by molar-refractivity contribution is 5.83. The van der Waals surface area contributed by atoms with Crippen LogP contribution in [0.3, 0.4) is 0 Å². The number of hydrazone groups is 1. The molecule has 1 aliphatic rings. The van der Waals surface area contributed by atoms with Crippen molar-refractivity contribution in [2.45, 2.75) is 38.3 Å². The second kappa shape index (κ2) is 8.41. The van der Waals surface area contributed by atoms with Crippen molar-refractivity contribution in [3.8, 4) is 5.75 Å². The van der Waals surface area contributed by atoms with E-state index in [1.807, 2.05) is 18.2 Å². The van der Waals surface area contributed by atoms with E-state index in [4.69, 9.17) is 15.6 Å². The fourth-order valence-corrected chi connectivity index (χ4v) is 3.47. The largest absolute Gasteiger partial charge is 0.497 e. The van der Waals surface area contributed by atoms with Crippen molar-refractivity contribution in [1.82, 2.24) is 15.0 Å². The predicted molar refractivity (Wildman–Crippen MR) is 113 cm³/mol. The van der Waals surface area contributed by atoms with E-state index >= 15 is 0 Å². The number of aromatic nitrogens is 2. The fraction of sp³-hybridized carbons (Fsp3) is 0.333. The monoisotopic (exact) mass is 380 g/mol. The lowest BCUT2D eigenvalue weighted by molar-refractivity contribution is 0.415. The van der Waals surface area contributed by atoms with E-state index in [-0.39, 0.29) is 5.41 Å². The molecule has 0 aliphatic heterocycles. The molecule has 3 aromatic rings. The Balaban J connectivity index is 0.000000706. The number of ether oxygens (including phenoxy) is 1. The summed E-state index contributed by atoms with van der Waals surface area (Å²) < 4.78 is 7.80. The summed E-state index contributed by atoms with van der Waals surface area (Å²) in [5, 5.41) is 3.97. The number of methoxy groups -OCH3 is 1. The Hall–Kier alpha value is -2.90. The average Bonchev–Trinajstić information content (AvgIpc) is 3.33. The smallest absolute Gasteiger partial charge is 0.119 e. The molecule has 148 valence electrons. The second-order valence-corrected chi connectivity index (χ2v) is 7.28. The molecule has 7 heteroatoms. The van der Waals surface area contributed by atoms with Crippen LogP contribution in [0, 0.1) is 0 Å². The minimum absolute atomic E-state index is 0.280. The van der Waals surface area contributed by atoms with Gasteiger partial charge in [0, 0.05) is 28.7 Å². The van der Waals surface area contributed by atoms with Gasteiger partial charge in [0.25, 0.3) is 0 Å². The average molecular weight is 380 g/mol. The van der Waals surface area contributed by atoms with E-state index in [2.05, 4.69) is 58.8 Å². The topological polar surface area (TPSA) is 103 Å². The molecule has 0 amide bonds. The SMILES string of the molecule is C=NN.COc1ccc2c(c1)cc(C1(C)CC1)n2Cc1cccc(CNN)n1. The number of benzene rings is 1. The zero-order valence-corrected chi connectivity index (χ0v) is 16.5. The zero-order chi connectivity index (χ0) is 20.1. The molecular weight excluding hydrogens is 352 g/mol. The van der Waals surface area contributed by atoms with Gasteiger partial charge in [-0.2, -0.15) is 5.10 Å². The Labute approximate surface area is 165 Å². The van der Waals surface area contributed by atoms with Crippen LogP contribution in [0.15, 0.2) is 47.6 Å². The molecular formula is C21H28N6O. The standard InChI is InChI=1S/C20H24N4O.CH4N2/c1-20(8-9-20)19-11-14-10-17(25-2)6-7-18(14)24(19)13-16-5-3-4-15(23-16)12-22-21;1-3-2/h3-7,10-11,22H,8-9,12-13,21H2,1-2H3;1-2H2. The number of nitrogens with two attached hydrogens (primary N) is 2. The number of rotatable bonds is 6. The van der Waals surface area contributed by atoms with Gasteiger partial charge in [0.15, 0.2) is 0 Å². The molecule has 0 saturated heterocycles. The number of nitrogens with zero attached hydrogens (tertiary/aromatic N) is 3. The summed E-state index contributed by atoms with van der Waals surface area (Å²) in [6, 6.07) is 14.7. The van der Waals surface area contributed by atoms with Gasteiger partial charge in [-0.15, -0.1) is 0 Å². The summed E-state index contributed by atoms with van der Waals surface area (Å²) in [7, 11) is 1.71. The number of hydrogen-bond donors (Lipinski definition) is 3. The molecule has 0 atom stereocenters. The second-order valence-electron chi connectivity index (χ2n) is 7.28. The lowest BCUT2D eigenvalue weighted by Gasteiger charge is -2.15. The summed E-state index contributed by atoms with van der Waals surface area (Å²) in [5.74, 6) is 10.7. The summed E-state index contributed by atoms with van der Waals surface area (Å²) in [5.41, 5.74) is 7.58. The minimum Gasteiger partial charge on any atom is -0.497 e. The number of hydrazine groups is 1. The minimum atomic E-state index is 0.280. The molecule has 2 aromatic heterocycles. The van der Waals surface area contributed by atoms with Crippen LogP contribution in [-0.2, 0) is 18.5 Å². The molecule has 0 radical (unpaired) electrons. The van der Waals surface area contributed by atoms with Gasteiger partial charge in [-0.1, -0.05) is 13.0 Å². The fourth-order valence-electron chi connectivity index (χ4n) is 3.47. The molecule has 28 heavy (non-hydrogen) atoms. The van der Waals surface area contributed by atoms with Crippen LogP contribution in [0.5, 0.6) is 5.75 Å². The third kappa shape index (κ3) is 4.16. The van der Waals surface area contributed by atoms with E-state index in [1.54, 1.807) is 7.11 Å². The van der Waals surface area contributed by atoms with Crippen LogP contribution in [0.4, 0.5) is 0 Å². The highest BCUT2D eigenvalue weighted by Gasteiger charge is 2.41. The van der Waals surface area contributed by atoms with Crippen LogP contribution in [0.1, 0.15) is 36.8 Å². The van der Waals surface area contributed by atoms with Crippen LogP contribution in [-0.4, -0.2) is 23.4 Å². The van der Waals surface area contributed by atoms with Crippen molar-refractivity contribution in [2.75, 3.05) is 7.11 Å². The highest BCUT2D eigenvalue weighted by Crippen LogP contribution is 2.49. The molecule has 0 unspecified atom stereocenters. The lowest BCUT2D eigenvalue weighted by Crippen LogP contribution is -2.22. The van der Waals surface area contributed by atoms with Gasteiger partial charge < -0.3 is 15.1 Å². The molecule has 1 fully saturated rings. The summed E-state index contributed by atoms with van der Waals surface area (Å²) in [6.07, 6.45) is 2.48. The van der Waals surface area contributed by atoms with Crippen LogP contribution < -0.4 is 21.8 Å². The normalized spacial score (nSPS) is 14.2. The Morgan fingerprint density at radius 3 is 2.61 bits per heavy atom. The van der Waals surface area contributed by atoms with Crippen molar-refractivity contribution < 1.29 is 4.74 Å². The molecule has 4 rings (SSSR count). The maximum atomic E-state index is 5.43. The molecule has 0 spiro atoms. The van der Waals surface area contributed by atoms with E-state index < -0.39 is 0 Å². The molecule has 1 aromatic carbocycles. The van der Waals surface area contributed by atoms with Crippen LogP contribution >= 0.6 is 0 Å². The molecule has 1 aliphatic carbocycles. The first-order valence-electron chi connectivity index (χ1n) is 9.26. The van der Waals surface area contributed by atoms with E-state index in [1.165, 1.54) is 29.4 Å². The first kappa shape index (κ1) is 19.9. The van der Waals surface area contributed by atoms with Crippen molar-refractivity contribution in [3.05, 3.63) is 59.5 Å².